The van der Waals surface area contributed by atoms with Crippen LogP contribution in [0, 0.1) is 46.3 Å². The van der Waals surface area contributed by atoms with E-state index >= 15 is 0 Å². The fourth-order valence-electron chi connectivity index (χ4n) is 8.35. The number of allylic oxidation sites excluding steroid dienone is 3. The maximum absolute atomic E-state index is 13.4. The molecule has 1 N–H and O–H groups in total. The molecule has 0 aliphatic heterocycles. The van der Waals surface area contributed by atoms with E-state index in [0.717, 1.165) is 51.4 Å². The van der Waals surface area contributed by atoms with Gasteiger partial charge in [-0.15, -0.1) is 0 Å². The number of Topliss-reactive ketones (excluding diaryl/α,β-unsaturated/α-hetero) is 2. The largest absolute Gasteiger partial charge is 0.513 e. The van der Waals surface area contributed by atoms with Gasteiger partial charge in [0.25, 0.3) is 0 Å². The molecule has 8 atom stereocenters. The summed E-state index contributed by atoms with van der Waals surface area (Å²) >= 11 is 0. The Hall–Kier alpha value is -1.38. The Bertz CT molecular complexity index is 794. The number of carbonyl (C=O) groups is 2. The molecule has 4 rings (SSSR count). The molecular formula is C28H42O3. The van der Waals surface area contributed by atoms with Gasteiger partial charge in [0.2, 0.25) is 0 Å². The average molecular weight is 427 g/mol. The molecular weight excluding hydrogens is 384 g/mol. The zero-order valence-electron chi connectivity index (χ0n) is 20.1. The van der Waals surface area contributed by atoms with Gasteiger partial charge in [-0.25, -0.2) is 0 Å². The highest BCUT2D eigenvalue weighted by atomic mass is 16.3. The van der Waals surface area contributed by atoms with Gasteiger partial charge >= 0.3 is 0 Å². The molecule has 3 nitrogen and oxygen atoms in total. The van der Waals surface area contributed by atoms with Crippen molar-refractivity contribution in [1.82, 2.24) is 0 Å². The molecule has 4 aliphatic carbocycles. The smallest absolute Gasteiger partial charge is 0.137 e. The van der Waals surface area contributed by atoms with Crippen molar-refractivity contribution >= 4 is 11.6 Å². The molecule has 0 spiro atoms. The standard InChI is InChI=1S/C28H42O3/c1-17(19(3)29)7-6-8-18(2)26-25(31)16-24-22-10-9-20-15-21(30)11-13-27(20,4)23(22)12-14-28(24,26)5/h9,17-18,22-24,26,29H,3,6-8,10-16H2,1-2,4-5H3/t17-,18?,22?,23?,24?,26+,27+,28+/m1/s1. The molecule has 3 saturated carbocycles. The Morgan fingerprint density at radius 2 is 1.94 bits per heavy atom. The van der Waals surface area contributed by atoms with Gasteiger partial charge in [-0.1, -0.05) is 52.3 Å². The van der Waals surface area contributed by atoms with Crippen LogP contribution in [0.2, 0.25) is 0 Å². The van der Waals surface area contributed by atoms with Crippen LogP contribution in [0.1, 0.15) is 91.9 Å². The van der Waals surface area contributed by atoms with Crippen LogP contribution in [-0.2, 0) is 9.59 Å². The quantitative estimate of drug-likeness (QED) is 0.374. The molecule has 0 aromatic rings. The van der Waals surface area contributed by atoms with Crippen molar-refractivity contribution in [2.75, 3.05) is 0 Å². The van der Waals surface area contributed by atoms with Crippen LogP contribution < -0.4 is 0 Å². The first-order chi connectivity index (χ1) is 14.6. The lowest BCUT2D eigenvalue weighted by Gasteiger charge is -2.57. The minimum Gasteiger partial charge on any atom is -0.513 e. The number of hydrogen-bond acceptors (Lipinski definition) is 3. The summed E-state index contributed by atoms with van der Waals surface area (Å²) in [7, 11) is 0. The molecule has 172 valence electrons. The summed E-state index contributed by atoms with van der Waals surface area (Å²) in [5.41, 5.74) is 1.70. The number of fused-ring (bicyclic) bond motifs is 5. The van der Waals surface area contributed by atoms with E-state index < -0.39 is 0 Å². The van der Waals surface area contributed by atoms with Crippen LogP contribution in [0.4, 0.5) is 0 Å². The molecule has 0 aromatic carbocycles. The topological polar surface area (TPSA) is 54.4 Å². The van der Waals surface area contributed by atoms with Crippen LogP contribution in [0.15, 0.2) is 24.0 Å². The Labute approximate surface area is 188 Å². The molecule has 0 amide bonds. The molecule has 4 unspecified atom stereocenters. The maximum Gasteiger partial charge on any atom is 0.137 e. The van der Waals surface area contributed by atoms with Crippen molar-refractivity contribution in [1.29, 1.82) is 0 Å². The number of hydrogen-bond donors (Lipinski definition) is 1. The SMILES string of the molecule is C=C(O)[C@H](C)CCCC(C)[C@H]1C(=O)CC2C3CC=C4CC(=O)CC[C@]4(C)C3CC[C@@]21C. The summed E-state index contributed by atoms with van der Waals surface area (Å²) in [6.45, 7) is 12.8. The van der Waals surface area contributed by atoms with Crippen LogP contribution in [0.3, 0.4) is 0 Å². The minimum absolute atomic E-state index is 0.121. The highest BCUT2D eigenvalue weighted by molar-refractivity contribution is 5.85. The Morgan fingerprint density at radius 1 is 1.19 bits per heavy atom. The average Bonchev–Trinajstić information content (AvgIpc) is 2.98. The molecule has 31 heavy (non-hydrogen) atoms. The van der Waals surface area contributed by atoms with Crippen molar-refractivity contribution in [3.05, 3.63) is 24.0 Å². The van der Waals surface area contributed by atoms with Crippen molar-refractivity contribution in [2.45, 2.75) is 91.9 Å². The second-order valence-corrected chi connectivity index (χ2v) is 12.0. The van der Waals surface area contributed by atoms with Gasteiger partial charge in [0.1, 0.15) is 11.6 Å². The third-order valence-electron chi connectivity index (χ3n) is 10.3. The summed E-state index contributed by atoms with van der Waals surface area (Å²) in [5.74, 6) is 3.62. The zero-order chi connectivity index (χ0) is 22.6. The highest BCUT2D eigenvalue weighted by Gasteiger charge is 2.61. The van der Waals surface area contributed by atoms with Gasteiger partial charge in [0.05, 0.1) is 5.76 Å². The second-order valence-electron chi connectivity index (χ2n) is 12.0. The van der Waals surface area contributed by atoms with Crippen molar-refractivity contribution in [2.24, 2.45) is 46.3 Å². The monoisotopic (exact) mass is 426 g/mol. The predicted molar refractivity (Wildman–Crippen MR) is 125 cm³/mol. The van der Waals surface area contributed by atoms with Crippen LogP contribution in [-0.4, -0.2) is 16.7 Å². The summed E-state index contributed by atoms with van der Waals surface area (Å²) in [4.78, 5) is 25.4. The molecule has 3 fully saturated rings. The molecule has 0 saturated heterocycles. The first-order valence-electron chi connectivity index (χ1n) is 12.7. The van der Waals surface area contributed by atoms with Crippen molar-refractivity contribution in [3.8, 4) is 0 Å². The van der Waals surface area contributed by atoms with E-state index in [1.807, 2.05) is 6.92 Å². The lowest BCUT2D eigenvalue weighted by Crippen LogP contribution is -2.50. The Balaban J connectivity index is 1.50. The van der Waals surface area contributed by atoms with Gasteiger partial charge in [-0.2, -0.15) is 0 Å². The summed E-state index contributed by atoms with van der Waals surface area (Å²) in [6.07, 6.45) is 12.0. The number of aliphatic hydroxyl groups excluding tert-OH is 1. The first kappa shape index (κ1) is 22.8. The third kappa shape index (κ3) is 3.74. The van der Waals surface area contributed by atoms with E-state index in [2.05, 4.69) is 33.4 Å². The first-order valence-corrected chi connectivity index (χ1v) is 12.7. The molecule has 0 aromatic heterocycles. The molecule has 4 aliphatic rings. The second kappa shape index (κ2) is 8.19. The molecule has 3 heteroatoms. The van der Waals surface area contributed by atoms with Crippen LogP contribution in [0.25, 0.3) is 0 Å². The van der Waals surface area contributed by atoms with Gasteiger partial charge < -0.3 is 5.11 Å². The van der Waals surface area contributed by atoms with E-state index in [4.69, 9.17) is 0 Å². The highest BCUT2D eigenvalue weighted by Crippen LogP contribution is 2.66. The van der Waals surface area contributed by atoms with E-state index in [1.165, 1.54) is 12.0 Å². The molecule has 0 heterocycles. The normalized spacial score (nSPS) is 41.6. The van der Waals surface area contributed by atoms with Gasteiger partial charge in [-0.05, 0) is 73.0 Å². The fourth-order valence-corrected chi connectivity index (χ4v) is 8.35. The van der Waals surface area contributed by atoms with E-state index in [9.17, 15) is 14.7 Å². The van der Waals surface area contributed by atoms with Crippen LogP contribution >= 0.6 is 0 Å². The number of ketones is 2. The zero-order valence-corrected chi connectivity index (χ0v) is 20.1. The lowest BCUT2D eigenvalue weighted by atomic mass is 9.47. The maximum atomic E-state index is 13.4. The van der Waals surface area contributed by atoms with Gasteiger partial charge in [-0.3, -0.25) is 9.59 Å². The van der Waals surface area contributed by atoms with Crippen LogP contribution in [0.5, 0.6) is 0 Å². The van der Waals surface area contributed by atoms with Crippen molar-refractivity contribution in [3.63, 3.8) is 0 Å². The van der Waals surface area contributed by atoms with Gasteiger partial charge in [0.15, 0.2) is 0 Å². The van der Waals surface area contributed by atoms with E-state index in [0.29, 0.717) is 41.7 Å². The molecule has 0 radical (unpaired) electrons. The number of rotatable bonds is 6. The minimum atomic E-state index is 0.121. The summed E-state index contributed by atoms with van der Waals surface area (Å²) in [5, 5.41) is 9.59. The lowest BCUT2D eigenvalue weighted by molar-refractivity contribution is -0.125. The fraction of sp³-hybridized carbons (Fsp3) is 0.786. The Kier molecular flexibility index (Phi) is 6.03. The van der Waals surface area contributed by atoms with E-state index in [1.54, 1.807) is 0 Å². The summed E-state index contributed by atoms with van der Waals surface area (Å²) < 4.78 is 0. The number of carbonyl (C=O) groups excluding carboxylic acids is 2. The third-order valence-corrected chi connectivity index (χ3v) is 10.3. The van der Waals surface area contributed by atoms with Gasteiger partial charge in [0, 0.05) is 31.1 Å². The number of aliphatic hydroxyl groups is 1. The Morgan fingerprint density at radius 3 is 2.65 bits per heavy atom. The predicted octanol–water partition coefficient (Wildman–Crippen LogP) is 6.83. The van der Waals surface area contributed by atoms with Crippen molar-refractivity contribution < 1.29 is 14.7 Å². The molecule has 0 bridgehead atoms. The van der Waals surface area contributed by atoms with E-state index in [-0.39, 0.29) is 28.4 Å². The summed E-state index contributed by atoms with van der Waals surface area (Å²) in [6, 6.07) is 0.